The molecule has 0 aromatic carbocycles. The van der Waals surface area contributed by atoms with Crippen molar-refractivity contribution in [2.45, 2.75) is 46.1 Å². The lowest BCUT2D eigenvalue weighted by Crippen LogP contribution is -2.35. The van der Waals surface area contributed by atoms with Gasteiger partial charge in [0.1, 0.15) is 0 Å². The molecule has 1 rings (SSSR count). The van der Waals surface area contributed by atoms with Crippen molar-refractivity contribution in [1.82, 2.24) is 9.80 Å². The van der Waals surface area contributed by atoms with Gasteiger partial charge in [-0.1, -0.05) is 29.8 Å². The largest absolute Gasteiger partial charge is 0.340 e. The number of halogens is 1. The summed E-state index contributed by atoms with van der Waals surface area (Å²) < 4.78 is 0. The average Bonchev–Trinajstić information content (AvgIpc) is 2.76. The smallest absolute Gasteiger partial charge is 0.223 e. The van der Waals surface area contributed by atoms with Gasteiger partial charge in [-0.2, -0.15) is 0 Å². The molecule has 0 aromatic heterocycles. The number of carbonyl (C=O) groups excluding carboxylic acids is 1. The molecule has 0 spiro atoms. The van der Waals surface area contributed by atoms with Crippen LogP contribution in [0.15, 0.2) is 0 Å². The van der Waals surface area contributed by atoms with Crippen molar-refractivity contribution >= 4 is 21.8 Å². The van der Waals surface area contributed by atoms with E-state index < -0.39 is 0 Å². The van der Waals surface area contributed by atoms with Crippen molar-refractivity contribution in [2.75, 3.05) is 31.5 Å². The highest BCUT2D eigenvalue weighted by molar-refractivity contribution is 9.09. The summed E-state index contributed by atoms with van der Waals surface area (Å²) in [5.74, 6) is 0.859. The van der Waals surface area contributed by atoms with E-state index >= 15 is 0 Å². The van der Waals surface area contributed by atoms with Crippen LogP contribution in [0.25, 0.3) is 0 Å². The molecule has 18 heavy (non-hydrogen) atoms. The Bertz CT molecular complexity index is 256. The maximum atomic E-state index is 11.9. The number of hydrogen-bond acceptors (Lipinski definition) is 2. The Hall–Kier alpha value is -0.0900. The molecule has 2 unspecified atom stereocenters. The first-order valence-electron chi connectivity index (χ1n) is 7.20. The lowest BCUT2D eigenvalue weighted by atomic mass is 10.1. The summed E-state index contributed by atoms with van der Waals surface area (Å²) in [6, 6.07) is 0.400. The third-order valence-corrected chi connectivity index (χ3v) is 4.90. The minimum Gasteiger partial charge on any atom is -0.340 e. The number of nitrogens with zero attached hydrogens (tertiary/aromatic N) is 2. The Morgan fingerprint density at radius 1 is 1.44 bits per heavy atom. The molecule has 1 fully saturated rings. The van der Waals surface area contributed by atoms with Crippen molar-refractivity contribution in [1.29, 1.82) is 0 Å². The summed E-state index contributed by atoms with van der Waals surface area (Å²) in [7, 11) is 0. The van der Waals surface area contributed by atoms with E-state index in [0.717, 1.165) is 44.4 Å². The zero-order valence-corrected chi connectivity index (χ0v) is 13.6. The van der Waals surface area contributed by atoms with E-state index in [1.54, 1.807) is 0 Å². The van der Waals surface area contributed by atoms with Gasteiger partial charge in [0, 0.05) is 24.3 Å². The summed E-state index contributed by atoms with van der Waals surface area (Å²) in [5.41, 5.74) is 0. The van der Waals surface area contributed by atoms with Crippen LogP contribution in [0.3, 0.4) is 0 Å². The predicted octanol–water partition coefficient (Wildman–Crippen LogP) is 2.74. The van der Waals surface area contributed by atoms with Crippen LogP contribution in [-0.4, -0.2) is 53.3 Å². The zero-order valence-electron chi connectivity index (χ0n) is 12.0. The normalized spacial score (nSPS) is 21.9. The summed E-state index contributed by atoms with van der Waals surface area (Å²) in [4.78, 5) is 16.4. The molecule has 1 saturated heterocycles. The molecule has 0 radical (unpaired) electrons. The number of carbonyl (C=O) groups is 1. The average molecular weight is 319 g/mol. The maximum absolute atomic E-state index is 11.9. The Kier molecular flexibility index (Phi) is 7.23. The second-order valence-corrected chi connectivity index (χ2v) is 5.94. The van der Waals surface area contributed by atoms with Gasteiger partial charge in [0.05, 0.1) is 0 Å². The fourth-order valence-corrected chi connectivity index (χ4v) is 3.08. The van der Waals surface area contributed by atoms with Gasteiger partial charge in [-0.15, -0.1) is 0 Å². The van der Waals surface area contributed by atoms with Gasteiger partial charge in [0.25, 0.3) is 0 Å². The molecule has 4 heteroatoms. The third kappa shape index (κ3) is 4.54. The van der Waals surface area contributed by atoms with Crippen LogP contribution in [0.5, 0.6) is 0 Å². The van der Waals surface area contributed by atoms with E-state index in [0.29, 0.717) is 17.9 Å². The topological polar surface area (TPSA) is 23.6 Å². The van der Waals surface area contributed by atoms with Crippen LogP contribution >= 0.6 is 15.9 Å². The number of rotatable bonds is 8. The highest BCUT2D eigenvalue weighted by Crippen LogP contribution is 2.23. The van der Waals surface area contributed by atoms with Crippen LogP contribution in [0.1, 0.15) is 40.0 Å². The van der Waals surface area contributed by atoms with Crippen molar-refractivity contribution < 1.29 is 4.79 Å². The second-order valence-electron chi connectivity index (χ2n) is 5.29. The van der Waals surface area contributed by atoms with E-state index in [1.165, 1.54) is 6.42 Å². The zero-order chi connectivity index (χ0) is 13.5. The lowest BCUT2D eigenvalue weighted by Gasteiger charge is -2.26. The van der Waals surface area contributed by atoms with Crippen LogP contribution in [0, 0.1) is 5.92 Å². The van der Waals surface area contributed by atoms with Gasteiger partial charge in [-0.05, 0) is 45.3 Å². The van der Waals surface area contributed by atoms with Crippen molar-refractivity contribution in [3.05, 3.63) is 0 Å². The quantitative estimate of drug-likeness (QED) is 0.642. The number of amides is 1. The van der Waals surface area contributed by atoms with E-state index in [9.17, 15) is 4.79 Å². The number of likely N-dealkylation sites (tertiary alicyclic amines) is 1. The molecule has 0 bridgehead atoms. The number of alkyl halides is 1. The Balaban J connectivity index is 2.28. The van der Waals surface area contributed by atoms with Crippen LogP contribution in [0.2, 0.25) is 0 Å². The SMILES string of the molecule is CCN(CC)CCCC(C)N1CC(CBr)CC1=O. The van der Waals surface area contributed by atoms with Gasteiger partial charge < -0.3 is 9.80 Å². The Morgan fingerprint density at radius 3 is 2.61 bits per heavy atom. The van der Waals surface area contributed by atoms with Gasteiger partial charge in [0.15, 0.2) is 0 Å². The van der Waals surface area contributed by atoms with Crippen molar-refractivity contribution in [3.8, 4) is 0 Å². The summed E-state index contributed by atoms with van der Waals surface area (Å²) >= 11 is 3.49. The second kappa shape index (κ2) is 8.16. The fraction of sp³-hybridized carbons (Fsp3) is 0.929. The molecule has 1 heterocycles. The Labute approximate surface area is 120 Å². The molecule has 1 aliphatic heterocycles. The van der Waals surface area contributed by atoms with Gasteiger partial charge in [-0.25, -0.2) is 0 Å². The summed E-state index contributed by atoms with van der Waals surface area (Å²) in [5, 5.41) is 0.946. The molecule has 1 aliphatic rings. The van der Waals surface area contributed by atoms with Crippen LogP contribution < -0.4 is 0 Å². The standard InChI is InChI=1S/C14H27BrN2O/c1-4-16(5-2)8-6-7-12(3)17-11-13(10-15)9-14(17)18/h12-13H,4-11H2,1-3H3. The lowest BCUT2D eigenvalue weighted by molar-refractivity contribution is -0.129. The summed E-state index contributed by atoms with van der Waals surface area (Å²) in [6.45, 7) is 10.9. The highest BCUT2D eigenvalue weighted by Gasteiger charge is 2.31. The molecular formula is C14H27BrN2O. The first kappa shape index (κ1) is 16.0. The van der Waals surface area contributed by atoms with Crippen molar-refractivity contribution in [2.24, 2.45) is 5.92 Å². The monoisotopic (exact) mass is 318 g/mol. The molecule has 2 atom stereocenters. The summed E-state index contributed by atoms with van der Waals surface area (Å²) in [6.07, 6.45) is 3.04. The minimum atomic E-state index is 0.342. The van der Waals surface area contributed by atoms with E-state index in [2.05, 4.69) is 46.5 Å². The van der Waals surface area contributed by atoms with Gasteiger partial charge in [0.2, 0.25) is 5.91 Å². The van der Waals surface area contributed by atoms with Crippen molar-refractivity contribution in [3.63, 3.8) is 0 Å². The molecule has 106 valence electrons. The maximum Gasteiger partial charge on any atom is 0.223 e. The van der Waals surface area contributed by atoms with E-state index in [4.69, 9.17) is 0 Å². The van der Waals surface area contributed by atoms with E-state index in [-0.39, 0.29) is 0 Å². The number of hydrogen-bond donors (Lipinski definition) is 0. The molecular weight excluding hydrogens is 292 g/mol. The first-order valence-corrected chi connectivity index (χ1v) is 8.32. The van der Waals surface area contributed by atoms with Crippen LogP contribution in [0.4, 0.5) is 0 Å². The first-order chi connectivity index (χ1) is 8.62. The Morgan fingerprint density at radius 2 is 2.11 bits per heavy atom. The van der Waals surface area contributed by atoms with E-state index in [1.807, 2.05) is 0 Å². The van der Waals surface area contributed by atoms with Gasteiger partial charge in [-0.3, -0.25) is 4.79 Å². The molecule has 0 N–H and O–H groups in total. The van der Waals surface area contributed by atoms with Crippen LogP contribution in [-0.2, 0) is 4.79 Å². The highest BCUT2D eigenvalue weighted by atomic mass is 79.9. The van der Waals surface area contributed by atoms with Gasteiger partial charge >= 0.3 is 0 Å². The fourth-order valence-electron chi connectivity index (χ4n) is 2.64. The molecule has 0 aliphatic carbocycles. The molecule has 0 aromatic rings. The molecule has 1 amide bonds. The predicted molar refractivity (Wildman–Crippen MR) is 80.1 cm³/mol. The molecule has 0 saturated carbocycles. The molecule has 3 nitrogen and oxygen atoms in total. The minimum absolute atomic E-state index is 0.342. The third-order valence-electron chi connectivity index (χ3n) is 3.98.